The van der Waals surface area contributed by atoms with Gasteiger partial charge >= 0.3 is 0 Å². The van der Waals surface area contributed by atoms with Gasteiger partial charge < -0.3 is 4.79 Å². The number of rotatable bonds is 18. The van der Waals surface area contributed by atoms with E-state index in [2.05, 4.69) is 6.92 Å². The summed E-state index contributed by atoms with van der Waals surface area (Å²) in [4.78, 5) is 23.3. The van der Waals surface area contributed by atoms with E-state index in [9.17, 15) is 9.59 Å². The van der Waals surface area contributed by atoms with Gasteiger partial charge in [0.1, 0.15) is 6.29 Å². The molecule has 1 atom stereocenters. The Morgan fingerprint density at radius 3 is 1.85 bits per heavy atom. The number of hydrogen-bond acceptors (Lipinski definition) is 2. The van der Waals surface area contributed by atoms with Crippen LogP contribution in [0.5, 0.6) is 0 Å². The Kier molecular flexibility index (Phi) is 14.6. The average Bonchev–Trinajstić information content (AvgIpc) is 2.71. The molecule has 0 saturated carbocycles. The van der Waals surface area contributed by atoms with Crippen LogP contribution < -0.4 is 0 Å². The highest BCUT2D eigenvalue weighted by Gasteiger charge is 2.08. The number of Topliss-reactive ketones (excluding diaryl/α,β-unsaturated/α-hetero) is 1. The van der Waals surface area contributed by atoms with Gasteiger partial charge in [0.25, 0.3) is 0 Å². The summed E-state index contributed by atoms with van der Waals surface area (Å²) in [5.41, 5.74) is 0.823. The van der Waals surface area contributed by atoms with E-state index < -0.39 is 0 Å². The van der Waals surface area contributed by atoms with E-state index in [1.807, 2.05) is 30.3 Å². The Hall–Kier alpha value is -1.44. The largest absolute Gasteiger partial charge is 0.303 e. The molecule has 2 nitrogen and oxygen atoms in total. The molecule has 1 rings (SSSR count). The summed E-state index contributed by atoms with van der Waals surface area (Å²) in [5, 5.41) is 0. The summed E-state index contributed by atoms with van der Waals surface area (Å²) >= 11 is 0. The third-order valence-electron chi connectivity index (χ3n) is 5.45. The number of benzene rings is 1. The van der Waals surface area contributed by atoms with Crippen LogP contribution >= 0.6 is 0 Å². The molecular weight excluding hydrogens is 332 g/mol. The van der Waals surface area contributed by atoms with Crippen LogP contribution in [0.2, 0.25) is 0 Å². The van der Waals surface area contributed by atoms with Crippen LogP contribution in [0, 0.1) is 5.92 Å². The molecular formula is C25H40O2. The monoisotopic (exact) mass is 372 g/mol. The number of ketones is 1. The second-order valence-electron chi connectivity index (χ2n) is 7.90. The fraction of sp³-hybridized carbons (Fsp3) is 0.680. The normalized spacial score (nSPS) is 12.0. The summed E-state index contributed by atoms with van der Waals surface area (Å²) < 4.78 is 0. The number of carbonyl (C=O) groups is 2. The predicted molar refractivity (Wildman–Crippen MR) is 115 cm³/mol. The Balaban J connectivity index is 1.96. The van der Waals surface area contributed by atoms with E-state index in [1.54, 1.807) is 0 Å². The predicted octanol–water partition coefficient (Wildman–Crippen LogP) is 7.56. The van der Waals surface area contributed by atoms with Crippen molar-refractivity contribution >= 4 is 12.1 Å². The van der Waals surface area contributed by atoms with Gasteiger partial charge in [0.05, 0.1) is 0 Å². The highest BCUT2D eigenvalue weighted by atomic mass is 16.1. The minimum Gasteiger partial charge on any atom is -0.303 e. The zero-order valence-electron chi connectivity index (χ0n) is 17.5. The highest BCUT2D eigenvalue weighted by Crippen LogP contribution is 2.18. The lowest BCUT2D eigenvalue weighted by atomic mass is 9.95. The lowest BCUT2D eigenvalue weighted by Crippen LogP contribution is -2.02. The number of hydrogen-bond donors (Lipinski definition) is 0. The molecule has 0 spiro atoms. The van der Waals surface area contributed by atoms with Crippen molar-refractivity contribution in [3.05, 3.63) is 35.9 Å². The van der Waals surface area contributed by atoms with Crippen LogP contribution in [0.15, 0.2) is 30.3 Å². The molecule has 0 radical (unpaired) electrons. The molecule has 0 aromatic heterocycles. The van der Waals surface area contributed by atoms with Crippen molar-refractivity contribution in [3.63, 3.8) is 0 Å². The summed E-state index contributed by atoms with van der Waals surface area (Å²) in [5.74, 6) is 0.493. The van der Waals surface area contributed by atoms with Gasteiger partial charge in [-0.05, 0) is 19.3 Å². The van der Waals surface area contributed by atoms with E-state index in [0.29, 0.717) is 6.42 Å². The molecule has 27 heavy (non-hydrogen) atoms. The number of unbranched alkanes of at least 4 members (excludes halogenated alkanes) is 10. The lowest BCUT2D eigenvalue weighted by molar-refractivity contribution is -0.111. The first-order chi connectivity index (χ1) is 13.3. The van der Waals surface area contributed by atoms with Crippen molar-refractivity contribution in [1.82, 2.24) is 0 Å². The maximum atomic E-state index is 12.0. The SMILES string of the molecule is CCCCCCCCCCC(C=O)CCCCCCC(=O)c1ccccc1. The van der Waals surface area contributed by atoms with Crippen molar-refractivity contribution in [2.75, 3.05) is 0 Å². The standard InChI is InChI=1S/C25H40O2/c1-2-3-4-5-6-7-8-12-17-23(22-26)18-13-9-10-16-21-25(27)24-19-14-11-15-20-24/h11,14-15,19-20,22-23H,2-10,12-13,16-18,21H2,1H3. The smallest absolute Gasteiger partial charge is 0.162 e. The maximum absolute atomic E-state index is 12.0. The first kappa shape index (κ1) is 23.6. The van der Waals surface area contributed by atoms with Gasteiger partial charge in [-0.3, -0.25) is 4.79 Å². The molecule has 1 aromatic carbocycles. The van der Waals surface area contributed by atoms with Crippen LogP contribution in [0.25, 0.3) is 0 Å². The molecule has 0 aliphatic rings. The summed E-state index contributed by atoms with van der Waals surface area (Å²) in [6.07, 6.45) is 18.7. The maximum Gasteiger partial charge on any atom is 0.162 e. The third-order valence-corrected chi connectivity index (χ3v) is 5.45. The Labute approximate surface area is 167 Å². The Morgan fingerprint density at radius 1 is 0.778 bits per heavy atom. The highest BCUT2D eigenvalue weighted by molar-refractivity contribution is 5.95. The molecule has 0 heterocycles. The van der Waals surface area contributed by atoms with Gasteiger partial charge in [-0.25, -0.2) is 0 Å². The van der Waals surface area contributed by atoms with Crippen molar-refractivity contribution in [2.45, 2.75) is 103 Å². The molecule has 0 saturated heterocycles. The summed E-state index contributed by atoms with van der Waals surface area (Å²) in [6, 6.07) is 9.55. The molecule has 0 aliphatic heterocycles. The molecule has 1 unspecified atom stereocenters. The first-order valence-electron chi connectivity index (χ1n) is 11.3. The molecule has 1 aromatic rings. The van der Waals surface area contributed by atoms with Crippen LogP contribution in [-0.2, 0) is 4.79 Å². The second-order valence-corrected chi connectivity index (χ2v) is 7.90. The fourth-order valence-corrected chi connectivity index (χ4v) is 3.63. The lowest BCUT2D eigenvalue weighted by Gasteiger charge is -2.10. The third kappa shape index (κ3) is 12.5. The zero-order valence-corrected chi connectivity index (χ0v) is 17.5. The van der Waals surface area contributed by atoms with Crippen LogP contribution in [0.3, 0.4) is 0 Å². The van der Waals surface area contributed by atoms with Gasteiger partial charge in [-0.15, -0.1) is 0 Å². The van der Waals surface area contributed by atoms with Gasteiger partial charge in [-0.1, -0.05) is 108 Å². The van der Waals surface area contributed by atoms with Gasteiger partial charge in [0.15, 0.2) is 5.78 Å². The van der Waals surface area contributed by atoms with E-state index in [-0.39, 0.29) is 11.7 Å². The second kappa shape index (κ2) is 16.7. The molecule has 0 N–H and O–H groups in total. The molecule has 152 valence electrons. The van der Waals surface area contributed by atoms with Crippen LogP contribution in [0.1, 0.15) is 114 Å². The fourth-order valence-electron chi connectivity index (χ4n) is 3.63. The van der Waals surface area contributed by atoms with E-state index >= 15 is 0 Å². The van der Waals surface area contributed by atoms with Gasteiger partial charge in [0.2, 0.25) is 0 Å². The molecule has 0 fully saturated rings. The number of carbonyl (C=O) groups excluding carboxylic acids is 2. The van der Waals surface area contributed by atoms with Crippen molar-refractivity contribution in [1.29, 1.82) is 0 Å². The van der Waals surface area contributed by atoms with Gasteiger partial charge in [-0.2, -0.15) is 0 Å². The average molecular weight is 373 g/mol. The van der Waals surface area contributed by atoms with E-state index in [4.69, 9.17) is 0 Å². The minimum absolute atomic E-state index is 0.246. The van der Waals surface area contributed by atoms with E-state index in [1.165, 1.54) is 57.7 Å². The van der Waals surface area contributed by atoms with Crippen molar-refractivity contribution < 1.29 is 9.59 Å². The van der Waals surface area contributed by atoms with Crippen LogP contribution in [0.4, 0.5) is 0 Å². The molecule has 2 heteroatoms. The molecule has 0 aliphatic carbocycles. The quantitative estimate of drug-likeness (QED) is 0.151. The van der Waals surface area contributed by atoms with Crippen LogP contribution in [-0.4, -0.2) is 12.1 Å². The minimum atomic E-state index is 0.246. The summed E-state index contributed by atoms with van der Waals surface area (Å²) in [6.45, 7) is 2.25. The van der Waals surface area contributed by atoms with Crippen molar-refractivity contribution in [3.8, 4) is 0 Å². The molecule has 0 bridgehead atoms. The number of aldehydes is 1. The van der Waals surface area contributed by atoms with Gasteiger partial charge in [0, 0.05) is 17.9 Å². The topological polar surface area (TPSA) is 34.1 Å². The Bertz CT molecular complexity index is 480. The Morgan fingerprint density at radius 2 is 1.30 bits per heavy atom. The molecule has 0 amide bonds. The summed E-state index contributed by atoms with van der Waals surface area (Å²) in [7, 11) is 0. The van der Waals surface area contributed by atoms with Crippen molar-refractivity contribution in [2.24, 2.45) is 5.92 Å². The van der Waals surface area contributed by atoms with E-state index in [0.717, 1.165) is 44.1 Å². The first-order valence-corrected chi connectivity index (χ1v) is 11.3. The zero-order chi connectivity index (χ0) is 19.6.